The number of aryl methyl sites for hydroxylation is 1. The first kappa shape index (κ1) is 12.3. The summed E-state index contributed by atoms with van der Waals surface area (Å²) in [6.07, 6.45) is 4.00. The van der Waals surface area contributed by atoms with Gasteiger partial charge in [0.2, 0.25) is 5.95 Å². The van der Waals surface area contributed by atoms with Crippen LogP contribution in [-0.2, 0) is 0 Å². The van der Waals surface area contributed by atoms with E-state index in [1.807, 2.05) is 19.1 Å². The van der Waals surface area contributed by atoms with Gasteiger partial charge in [-0.15, -0.1) is 5.10 Å². The number of nitrogens with zero attached hydrogens (tertiary/aromatic N) is 3. The Hall–Kier alpha value is -1.69. The Balaban J connectivity index is 1.75. The third-order valence-electron chi connectivity index (χ3n) is 2.90. The minimum absolute atomic E-state index is 0.520. The molecule has 3 rings (SSSR count). The number of rotatable bonds is 4. The van der Waals surface area contributed by atoms with Gasteiger partial charge in [-0.1, -0.05) is 15.9 Å². The minimum Gasteiger partial charge on any atom is -0.350 e. The van der Waals surface area contributed by atoms with E-state index in [1.54, 1.807) is 6.20 Å². The van der Waals surface area contributed by atoms with Crippen LogP contribution < -0.4 is 10.6 Å². The van der Waals surface area contributed by atoms with E-state index < -0.39 is 0 Å². The first-order valence-electron chi connectivity index (χ1n) is 6.20. The van der Waals surface area contributed by atoms with Crippen LogP contribution in [0.2, 0.25) is 0 Å². The molecule has 2 aromatic rings. The number of hydrogen-bond donors (Lipinski definition) is 2. The Morgan fingerprint density at radius 3 is 2.89 bits per heavy atom. The van der Waals surface area contributed by atoms with Gasteiger partial charge in [0.15, 0.2) is 5.82 Å². The van der Waals surface area contributed by atoms with Gasteiger partial charge in [0, 0.05) is 16.2 Å². The standard InChI is InChI=1S/C13H14BrN5/c1-8-6-10(4-5-11(8)14)16-12-7-15-19-13(18-12)17-9-2-3-9/h4-7,9H,2-3H2,1H3,(H2,16,17,18,19). The summed E-state index contributed by atoms with van der Waals surface area (Å²) >= 11 is 3.48. The molecule has 1 aliphatic carbocycles. The lowest BCUT2D eigenvalue weighted by Crippen LogP contribution is -2.07. The van der Waals surface area contributed by atoms with Crippen molar-refractivity contribution in [2.75, 3.05) is 10.6 Å². The minimum atomic E-state index is 0.520. The van der Waals surface area contributed by atoms with Gasteiger partial charge in [-0.2, -0.15) is 10.1 Å². The Labute approximate surface area is 120 Å². The second kappa shape index (κ2) is 5.13. The van der Waals surface area contributed by atoms with Crippen LogP contribution in [0.3, 0.4) is 0 Å². The smallest absolute Gasteiger partial charge is 0.244 e. The fourth-order valence-electron chi connectivity index (χ4n) is 1.71. The van der Waals surface area contributed by atoms with Crippen LogP contribution in [0.15, 0.2) is 28.9 Å². The molecule has 1 aromatic carbocycles. The highest BCUT2D eigenvalue weighted by atomic mass is 79.9. The van der Waals surface area contributed by atoms with Crippen molar-refractivity contribution in [1.29, 1.82) is 0 Å². The van der Waals surface area contributed by atoms with Crippen molar-refractivity contribution in [2.45, 2.75) is 25.8 Å². The Bertz CT molecular complexity index is 597. The molecular weight excluding hydrogens is 306 g/mol. The SMILES string of the molecule is Cc1cc(Nc2cnnc(NC3CC3)n2)ccc1Br. The molecule has 1 aromatic heterocycles. The predicted octanol–water partition coefficient (Wildman–Crippen LogP) is 3.26. The van der Waals surface area contributed by atoms with Crippen molar-refractivity contribution >= 4 is 33.4 Å². The number of aromatic nitrogens is 3. The highest BCUT2D eigenvalue weighted by Gasteiger charge is 2.22. The lowest BCUT2D eigenvalue weighted by molar-refractivity contribution is 0.947. The zero-order chi connectivity index (χ0) is 13.2. The summed E-state index contributed by atoms with van der Waals surface area (Å²) < 4.78 is 1.09. The van der Waals surface area contributed by atoms with Crippen LogP contribution in [0.25, 0.3) is 0 Å². The van der Waals surface area contributed by atoms with Crippen LogP contribution in [0.4, 0.5) is 17.5 Å². The van der Waals surface area contributed by atoms with E-state index in [1.165, 1.54) is 18.4 Å². The molecule has 19 heavy (non-hydrogen) atoms. The van der Waals surface area contributed by atoms with E-state index in [4.69, 9.17) is 0 Å². The summed E-state index contributed by atoms with van der Waals surface area (Å²) in [5.74, 6) is 1.28. The van der Waals surface area contributed by atoms with Crippen LogP contribution in [0.5, 0.6) is 0 Å². The molecule has 0 saturated heterocycles. The topological polar surface area (TPSA) is 62.7 Å². The fraction of sp³-hybridized carbons (Fsp3) is 0.308. The normalized spacial score (nSPS) is 14.2. The molecule has 0 radical (unpaired) electrons. The second-order valence-corrected chi connectivity index (χ2v) is 5.53. The number of anilines is 3. The molecule has 1 saturated carbocycles. The van der Waals surface area contributed by atoms with Crippen molar-refractivity contribution in [2.24, 2.45) is 0 Å². The first-order valence-corrected chi connectivity index (χ1v) is 6.99. The molecule has 0 spiro atoms. The number of benzene rings is 1. The van der Waals surface area contributed by atoms with Gasteiger partial charge in [-0.05, 0) is 43.5 Å². The third-order valence-corrected chi connectivity index (χ3v) is 3.79. The van der Waals surface area contributed by atoms with Gasteiger partial charge in [0.25, 0.3) is 0 Å². The molecule has 98 valence electrons. The second-order valence-electron chi connectivity index (χ2n) is 4.67. The average Bonchev–Trinajstić information content (AvgIpc) is 3.18. The van der Waals surface area contributed by atoms with E-state index in [0.717, 1.165) is 10.2 Å². The number of halogens is 1. The van der Waals surface area contributed by atoms with E-state index in [0.29, 0.717) is 17.8 Å². The van der Waals surface area contributed by atoms with Crippen molar-refractivity contribution in [3.05, 3.63) is 34.4 Å². The van der Waals surface area contributed by atoms with Gasteiger partial charge in [0.1, 0.15) is 0 Å². The average molecular weight is 320 g/mol. The lowest BCUT2D eigenvalue weighted by Gasteiger charge is -2.08. The largest absolute Gasteiger partial charge is 0.350 e. The summed E-state index contributed by atoms with van der Waals surface area (Å²) in [6.45, 7) is 2.05. The van der Waals surface area contributed by atoms with Gasteiger partial charge in [-0.25, -0.2) is 0 Å². The molecule has 0 atom stereocenters. The number of hydrogen-bond acceptors (Lipinski definition) is 5. The van der Waals surface area contributed by atoms with E-state index in [9.17, 15) is 0 Å². The van der Waals surface area contributed by atoms with Crippen molar-refractivity contribution in [1.82, 2.24) is 15.2 Å². The molecule has 2 N–H and O–H groups in total. The van der Waals surface area contributed by atoms with Gasteiger partial charge in [0.05, 0.1) is 6.20 Å². The monoisotopic (exact) mass is 319 g/mol. The van der Waals surface area contributed by atoms with Gasteiger partial charge >= 0.3 is 0 Å². The highest BCUT2D eigenvalue weighted by molar-refractivity contribution is 9.10. The maximum atomic E-state index is 4.39. The summed E-state index contributed by atoms with van der Waals surface area (Å²) in [4.78, 5) is 4.39. The quantitative estimate of drug-likeness (QED) is 0.905. The molecule has 1 fully saturated rings. The predicted molar refractivity (Wildman–Crippen MR) is 78.6 cm³/mol. The molecule has 1 heterocycles. The Kier molecular flexibility index (Phi) is 3.33. The van der Waals surface area contributed by atoms with Crippen molar-refractivity contribution < 1.29 is 0 Å². The van der Waals surface area contributed by atoms with Gasteiger partial charge in [-0.3, -0.25) is 0 Å². The van der Waals surface area contributed by atoms with E-state index >= 15 is 0 Å². The molecular formula is C13H14BrN5. The van der Waals surface area contributed by atoms with Crippen molar-refractivity contribution in [3.63, 3.8) is 0 Å². The third kappa shape index (κ3) is 3.20. The van der Waals surface area contributed by atoms with Crippen LogP contribution in [-0.4, -0.2) is 21.2 Å². The summed E-state index contributed by atoms with van der Waals surface area (Å²) in [6, 6.07) is 6.58. The molecule has 5 nitrogen and oxygen atoms in total. The molecule has 0 bridgehead atoms. The van der Waals surface area contributed by atoms with Crippen LogP contribution in [0.1, 0.15) is 18.4 Å². The lowest BCUT2D eigenvalue weighted by atomic mass is 10.2. The first-order chi connectivity index (χ1) is 9.20. The Morgan fingerprint density at radius 1 is 1.32 bits per heavy atom. The van der Waals surface area contributed by atoms with Gasteiger partial charge < -0.3 is 10.6 Å². The molecule has 1 aliphatic rings. The van der Waals surface area contributed by atoms with Crippen molar-refractivity contribution in [3.8, 4) is 0 Å². The van der Waals surface area contributed by atoms with Crippen LogP contribution in [0, 0.1) is 6.92 Å². The number of nitrogens with one attached hydrogen (secondary N) is 2. The Morgan fingerprint density at radius 2 is 2.16 bits per heavy atom. The van der Waals surface area contributed by atoms with Crippen LogP contribution >= 0.6 is 15.9 Å². The zero-order valence-corrected chi connectivity index (χ0v) is 12.1. The zero-order valence-electron chi connectivity index (χ0n) is 10.5. The summed E-state index contributed by atoms with van der Waals surface area (Å²) in [7, 11) is 0. The molecule has 0 aliphatic heterocycles. The summed E-state index contributed by atoms with van der Waals surface area (Å²) in [5, 5.41) is 14.4. The van der Waals surface area contributed by atoms with E-state index in [-0.39, 0.29) is 0 Å². The van der Waals surface area contributed by atoms with E-state index in [2.05, 4.69) is 47.8 Å². The molecule has 6 heteroatoms. The molecule has 0 amide bonds. The highest BCUT2D eigenvalue weighted by Crippen LogP contribution is 2.24. The maximum absolute atomic E-state index is 4.39. The summed E-state index contributed by atoms with van der Waals surface area (Å²) in [5.41, 5.74) is 2.15. The fourth-order valence-corrected chi connectivity index (χ4v) is 1.95. The maximum Gasteiger partial charge on any atom is 0.244 e. The molecule has 0 unspecified atom stereocenters.